The van der Waals surface area contributed by atoms with Crippen molar-refractivity contribution < 1.29 is 36.2 Å². The number of alkyl halides is 4. The second kappa shape index (κ2) is 8.04. The van der Waals surface area contributed by atoms with Gasteiger partial charge < -0.3 is 9.84 Å². The summed E-state index contributed by atoms with van der Waals surface area (Å²) in [5, 5.41) is 14.2. The summed E-state index contributed by atoms with van der Waals surface area (Å²) in [6.07, 6.45) is -4.81. The summed E-state index contributed by atoms with van der Waals surface area (Å²) in [7, 11) is 0. The van der Waals surface area contributed by atoms with Gasteiger partial charge in [0.05, 0.1) is 6.10 Å². The van der Waals surface area contributed by atoms with Crippen molar-refractivity contribution in [3.8, 4) is 0 Å². The monoisotopic (exact) mass is 383 g/mol. The van der Waals surface area contributed by atoms with Crippen LogP contribution in [0.2, 0.25) is 0 Å². The molecule has 0 fully saturated rings. The molecule has 0 bridgehead atoms. The molecule has 1 heterocycles. The molecule has 2 rings (SSSR count). The van der Waals surface area contributed by atoms with Gasteiger partial charge in [-0.15, -0.1) is 0 Å². The third-order valence-corrected chi connectivity index (χ3v) is 3.67. The summed E-state index contributed by atoms with van der Waals surface area (Å²) in [5.41, 5.74) is -0.208. The molecule has 2 aromatic rings. The zero-order valence-corrected chi connectivity index (χ0v) is 13.4. The standard InChI is InChI=1S/C15H15F6N3O2/c1-8(26-5-15(20,21)14(18)19)13(25)12(24-7-22-6-23-24)10-3-2-9(16)4-11(10)17/h2-4,6-8,12-14,25H,5H2,1H3. The average molecular weight is 383 g/mol. The topological polar surface area (TPSA) is 60.2 Å². The lowest BCUT2D eigenvalue weighted by atomic mass is 9.97. The predicted octanol–water partition coefficient (Wildman–Crippen LogP) is 2.81. The van der Waals surface area contributed by atoms with Gasteiger partial charge in [0, 0.05) is 11.6 Å². The van der Waals surface area contributed by atoms with Crippen LogP contribution < -0.4 is 0 Å². The normalized spacial score (nSPS) is 15.9. The van der Waals surface area contributed by atoms with E-state index < -0.39 is 48.8 Å². The van der Waals surface area contributed by atoms with Crippen LogP contribution in [0.25, 0.3) is 0 Å². The molecule has 0 amide bonds. The van der Waals surface area contributed by atoms with E-state index in [9.17, 15) is 31.4 Å². The van der Waals surface area contributed by atoms with Crippen LogP contribution in [-0.2, 0) is 4.74 Å². The Morgan fingerprint density at radius 1 is 1.27 bits per heavy atom. The van der Waals surface area contributed by atoms with Crippen molar-refractivity contribution in [3.05, 3.63) is 48.1 Å². The lowest BCUT2D eigenvalue weighted by molar-refractivity contribution is -0.185. The Morgan fingerprint density at radius 3 is 2.50 bits per heavy atom. The van der Waals surface area contributed by atoms with Crippen molar-refractivity contribution in [3.63, 3.8) is 0 Å². The molecule has 3 atom stereocenters. The van der Waals surface area contributed by atoms with Crippen molar-refractivity contribution >= 4 is 0 Å². The van der Waals surface area contributed by atoms with Crippen LogP contribution in [0.15, 0.2) is 30.9 Å². The number of halogens is 6. The molecular formula is C15H15F6N3O2. The first-order chi connectivity index (χ1) is 12.1. The third-order valence-electron chi connectivity index (χ3n) is 3.67. The summed E-state index contributed by atoms with van der Waals surface area (Å²) >= 11 is 0. The van der Waals surface area contributed by atoms with Crippen LogP contribution >= 0.6 is 0 Å². The zero-order chi connectivity index (χ0) is 19.5. The van der Waals surface area contributed by atoms with Gasteiger partial charge in [-0.05, 0) is 13.0 Å². The highest BCUT2D eigenvalue weighted by atomic mass is 19.3. The molecule has 3 unspecified atom stereocenters. The van der Waals surface area contributed by atoms with Crippen LogP contribution in [0.3, 0.4) is 0 Å². The molecule has 0 saturated carbocycles. The fourth-order valence-corrected chi connectivity index (χ4v) is 2.25. The maximum atomic E-state index is 14.1. The fourth-order valence-electron chi connectivity index (χ4n) is 2.25. The lowest BCUT2D eigenvalue weighted by Gasteiger charge is -2.29. The van der Waals surface area contributed by atoms with Gasteiger partial charge in [-0.25, -0.2) is 27.2 Å². The van der Waals surface area contributed by atoms with E-state index in [1.807, 2.05) is 0 Å². The van der Waals surface area contributed by atoms with Crippen LogP contribution in [0, 0.1) is 11.6 Å². The summed E-state index contributed by atoms with van der Waals surface area (Å²) in [6, 6.07) is 1.24. The largest absolute Gasteiger partial charge is 0.388 e. The van der Waals surface area contributed by atoms with Gasteiger partial charge in [0.25, 0.3) is 0 Å². The minimum absolute atomic E-state index is 0.208. The molecule has 1 aromatic carbocycles. The van der Waals surface area contributed by atoms with Crippen molar-refractivity contribution in [2.45, 2.75) is 37.5 Å². The number of aliphatic hydroxyl groups is 1. The summed E-state index contributed by atoms with van der Waals surface area (Å²) in [4.78, 5) is 3.65. The van der Waals surface area contributed by atoms with Gasteiger partial charge in [-0.2, -0.15) is 13.9 Å². The molecule has 0 aliphatic carbocycles. The average Bonchev–Trinajstić information content (AvgIpc) is 3.08. The molecule has 0 radical (unpaired) electrons. The third kappa shape index (κ3) is 4.52. The van der Waals surface area contributed by atoms with Crippen LogP contribution in [0.5, 0.6) is 0 Å². The van der Waals surface area contributed by atoms with Gasteiger partial charge in [-0.3, -0.25) is 0 Å². The summed E-state index contributed by atoms with van der Waals surface area (Å²) in [5.74, 6) is -6.29. The zero-order valence-electron chi connectivity index (χ0n) is 13.4. The molecule has 26 heavy (non-hydrogen) atoms. The van der Waals surface area contributed by atoms with Crippen molar-refractivity contribution in [1.82, 2.24) is 14.8 Å². The highest BCUT2D eigenvalue weighted by Gasteiger charge is 2.42. The fraction of sp³-hybridized carbons (Fsp3) is 0.467. The van der Waals surface area contributed by atoms with E-state index in [2.05, 4.69) is 14.8 Å². The summed E-state index contributed by atoms with van der Waals surface area (Å²) < 4.78 is 83.3. The van der Waals surface area contributed by atoms with Crippen molar-refractivity contribution in [2.75, 3.05) is 6.61 Å². The van der Waals surface area contributed by atoms with Crippen LogP contribution in [0.4, 0.5) is 26.3 Å². The van der Waals surface area contributed by atoms with E-state index in [0.717, 1.165) is 36.4 Å². The molecule has 0 aliphatic heterocycles. The Bertz CT molecular complexity index is 713. The number of hydrogen-bond acceptors (Lipinski definition) is 4. The second-order valence-electron chi connectivity index (χ2n) is 5.55. The molecule has 5 nitrogen and oxygen atoms in total. The number of nitrogens with zero attached hydrogens (tertiary/aromatic N) is 3. The lowest BCUT2D eigenvalue weighted by Crippen LogP contribution is -2.40. The first-order valence-corrected chi connectivity index (χ1v) is 7.38. The first kappa shape index (κ1) is 20.2. The Balaban J connectivity index is 2.25. The molecule has 11 heteroatoms. The van der Waals surface area contributed by atoms with E-state index in [1.54, 1.807) is 0 Å². The quantitative estimate of drug-likeness (QED) is 0.713. The molecule has 144 valence electrons. The minimum atomic E-state index is -4.40. The van der Waals surface area contributed by atoms with E-state index in [-0.39, 0.29) is 5.56 Å². The molecule has 0 spiro atoms. The van der Waals surface area contributed by atoms with Gasteiger partial charge in [0.15, 0.2) is 0 Å². The van der Waals surface area contributed by atoms with Gasteiger partial charge in [-0.1, -0.05) is 6.07 Å². The number of ether oxygens (including phenoxy) is 1. The van der Waals surface area contributed by atoms with E-state index in [1.165, 1.54) is 0 Å². The van der Waals surface area contributed by atoms with Crippen LogP contribution in [-0.4, -0.2) is 51.0 Å². The number of hydrogen-bond donors (Lipinski definition) is 1. The van der Waals surface area contributed by atoms with Gasteiger partial charge >= 0.3 is 12.3 Å². The van der Waals surface area contributed by atoms with Gasteiger partial charge in [0.1, 0.15) is 43.0 Å². The molecule has 0 saturated heterocycles. The second-order valence-corrected chi connectivity index (χ2v) is 5.55. The van der Waals surface area contributed by atoms with Gasteiger partial charge in [0.2, 0.25) is 0 Å². The molecule has 0 aliphatic rings. The Hall–Kier alpha value is -2.14. The van der Waals surface area contributed by atoms with Crippen LogP contribution in [0.1, 0.15) is 18.5 Å². The molecule has 1 N–H and O–H groups in total. The Morgan fingerprint density at radius 2 is 1.96 bits per heavy atom. The minimum Gasteiger partial charge on any atom is -0.388 e. The highest BCUT2D eigenvalue weighted by molar-refractivity contribution is 5.24. The highest BCUT2D eigenvalue weighted by Crippen LogP contribution is 2.29. The Kier molecular flexibility index (Phi) is 6.24. The SMILES string of the molecule is CC(OCC(F)(F)C(F)F)C(O)C(c1ccc(F)cc1F)n1cncn1. The van der Waals surface area contributed by atoms with E-state index in [4.69, 9.17) is 0 Å². The smallest absolute Gasteiger partial charge is 0.330 e. The van der Waals surface area contributed by atoms with E-state index >= 15 is 0 Å². The van der Waals surface area contributed by atoms with Crippen molar-refractivity contribution in [2.24, 2.45) is 0 Å². The number of benzene rings is 1. The molecular weight excluding hydrogens is 368 g/mol. The summed E-state index contributed by atoms with van der Waals surface area (Å²) in [6.45, 7) is -0.490. The predicted molar refractivity (Wildman–Crippen MR) is 76.9 cm³/mol. The Labute approximate surface area is 144 Å². The van der Waals surface area contributed by atoms with E-state index in [0.29, 0.717) is 6.07 Å². The van der Waals surface area contributed by atoms with Crippen molar-refractivity contribution in [1.29, 1.82) is 0 Å². The number of rotatable bonds is 8. The maximum absolute atomic E-state index is 14.1. The number of aromatic nitrogens is 3. The molecule has 1 aromatic heterocycles. The first-order valence-electron chi connectivity index (χ1n) is 7.38. The number of aliphatic hydroxyl groups excluding tert-OH is 1. The maximum Gasteiger partial charge on any atom is 0.330 e.